The van der Waals surface area contributed by atoms with Crippen molar-refractivity contribution in [2.75, 3.05) is 26.7 Å². The van der Waals surface area contributed by atoms with Gasteiger partial charge in [0, 0.05) is 30.7 Å². The molecule has 0 atom stereocenters. The third-order valence-corrected chi connectivity index (χ3v) is 4.77. The highest BCUT2D eigenvalue weighted by Gasteiger charge is 2.21. The van der Waals surface area contributed by atoms with E-state index in [0.717, 1.165) is 43.5 Å². The third-order valence-electron chi connectivity index (χ3n) is 4.77. The van der Waals surface area contributed by atoms with Crippen molar-refractivity contribution in [3.8, 4) is 5.75 Å². The van der Waals surface area contributed by atoms with Gasteiger partial charge in [0.15, 0.2) is 5.96 Å². The number of benzene rings is 1. The molecule has 2 rings (SSSR count). The van der Waals surface area contributed by atoms with E-state index in [1.807, 2.05) is 19.1 Å². The average molecular weight is 513 g/mol. The standard InChI is InChI=1S/C22H35N5O.HI/c1-7-23-21(24-12-9-13-27-18(3)14-17(2)26-27)25-16-22(4,5)19-10-8-11-20(15-19)28-6;/h8,10-11,14-15H,7,9,12-13,16H2,1-6H3,(H2,23,24,25);1H. The van der Waals surface area contributed by atoms with Crippen molar-refractivity contribution < 1.29 is 4.74 Å². The first-order chi connectivity index (χ1) is 13.4. The van der Waals surface area contributed by atoms with E-state index in [0.29, 0.717) is 6.54 Å². The Labute approximate surface area is 192 Å². The fourth-order valence-electron chi connectivity index (χ4n) is 3.09. The van der Waals surface area contributed by atoms with E-state index < -0.39 is 0 Å². The molecule has 0 saturated heterocycles. The number of methoxy groups -OCH3 is 1. The van der Waals surface area contributed by atoms with Gasteiger partial charge in [-0.2, -0.15) is 5.10 Å². The minimum Gasteiger partial charge on any atom is -0.497 e. The van der Waals surface area contributed by atoms with Gasteiger partial charge < -0.3 is 15.4 Å². The van der Waals surface area contributed by atoms with Crippen LogP contribution in [0.5, 0.6) is 5.75 Å². The summed E-state index contributed by atoms with van der Waals surface area (Å²) in [5.74, 6) is 1.73. The van der Waals surface area contributed by atoms with Crippen LogP contribution < -0.4 is 15.4 Å². The minimum absolute atomic E-state index is 0. The van der Waals surface area contributed by atoms with Gasteiger partial charge in [0.1, 0.15) is 5.75 Å². The first-order valence-electron chi connectivity index (χ1n) is 10.0. The van der Waals surface area contributed by atoms with Gasteiger partial charge in [-0.25, -0.2) is 0 Å². The fourth-order valence-corrected chi connectivity index (χ4v) is 3.09. The van der Waals surface area contributed by atoms with Crippen molar-refractivity contribution in [1.29, 1.82) is 0 Å². The van der Waals surface area contributed by atoms with Gasteiger partial charge in [0.25, 0.3) is 0 Å². The van der Waals surface area contributed by atoms with Crippen LogP contribution >= 0.6 is 24.0 Å². The van der Waals surface area contributed by atoms with Crippen LogP contribution in [0.3, 0.4) is 0 Å². The molecule has 7 heteroatoms. The Hall–Kier alpha value is -1.77. The van der Waals surface area contributed by atoms with Crippen molar-refractivity contribution in [3.05, 3.63) is 47.3 Å². The van der Waals surface area contributed by atoms with Crippen LogP contribution in [0, 0.1) is 13.8 Å². The normalized spacial score (nSPS) is 11.7. The lowest BCUT2D eigenvalue weighted by atomic mass is 9.85. The van der Waals surface area contributed by atoms with Crippen molar-refractivity contribution in [3.63, 3.8) is 0 Å². The predicted molar refractivity (Wildman–Crippen MR) is 132 cm³/mol. The molecule has 162 valence electrons. The zero-order valence-corrected chi connectivity index (χ0v) is 20.9. The van der Waals surface area contributed by atoms with Gasteiger partial charge in [-0.1, -0.05) is 26.0 Å². The summed E-state index contributed by atoms with van der Waals surface area (Å²) in [4.78, 5) is 4.81. The molecule has 1 aromatic heterocycles. The Morgan fingerprint density at radius 1 is 1.21 bits per heavy atom. The topological polar surface area (TPSA) is 63.5 Å². The van der Waals surface area contributed by atoms with E-state index in [2.05, 4.69) is 66.3 Å². The molecule has 0 bridgehead atoms. The maximum Gasteiger partial charge on any atom is 0.191 e. The third kappa shape index (κ3) is 7.87. The molecule has 0 aliphatic carbocycles. The Kier molecular flexibility index (Phi) is 10.5. The molecule has 0 aliphatic rings. The van der Waals surface area contributed by atoms with Crippen LogP contribution in [0.1, 0.15) is 44.1 Å². The minimum atomic E-state index is -0.0827. The van der Waals surface area contributed by atoms with E-state index in [1.165, 1.54) is 11.3 Å². The second-order valence-corrected chi connectivity index (χ2v) is 7.74. The number of ether oxygens (including phenoxy) is 1. The highest BCUT2D eigenvalue weighted by atomic mass is 127. The maximum absolute atomic E-state index is 5.36. The van der Waals surface area contributed by atoms with Crippen molar-refractivity contribution in [2.24, 2.45) is 4.99 Å². The molecule has 0 fully saturated rings. The van der Waals surface area contributed by atoms with Gasteiger partial charge in [-0.15, -0.1) is 24.0 Å². The second-order valence-electron chi connectivity index (χ2n) is 7.74. The number of rotatable bonds is 9. The Morgan fingerprint density at radius 2 is 1.97 bits per heavy atom. The van der Waals surface area contributed by atoms with Crippen LogP contribution in [0.4, 0.5) is 0 Å². The lowest BCUT2D eigenvalue weighted by Crippen LogP contribution is -2.39. The van der Waals surface area contributed by atoms with Gasteiger partial charge >= 0.3 is 0 Å². The molecule has 0 aliphatic heterocycles. The summed E-state index contributed by atoms with van der Waals surface area (Å²) in [6.45, 7) is 13.9. The summed E-state index contributed by atoms with van der Waals surface area (Å²) in [6, 6.07) is 10.3. The molecule has 0 unspecified atom stereocenters. The lowest BCUT2D eigenvalue weighted by Gasteiger charge is -2.24. The number of aliphatic imine (C=N–C) groups is 1. The average Bonchev–Trinajstić information content (AvgIpc) is 3.00. The summed E-state index contributed by atoms with van der Waals surface area (Å²) in [7, 11) is 1.70. The van der Waals surface area contributed by atoms with Crippen molar-refractivity contribution in [1.82, 2.24) is 20.4 Å². The van der Waals surface area contributed by atoms with Gasteiger partial charge in [-0.05, 0) is 51.0 Å². The predicted octanol–water partition coefficient (Wildman–Crippen LogP) is 4.05. The number of guanidine groups is 1. The molecule has 29 heavy (non-hydrogen) atoms. The summed E-state index contributed by atoms with van der Waals surface area (Å²) >= 11 is 0. The molecule has 2 N–H and O–H groups in total. The zero-order chi connectivity index (χ0) is 20.6. The number of halogens is 1. The monoisotopic (exact) mass is 513 g/mol. The molecule has 1 heterocycles. The number of hydrogen-bond donors (Lipinski definition) is 2. The second kappa shape index (κ2) is 12.0. The summed E-state index contributed by atoms with van der Waals surface area (Å²) in [5, 5.41) is 11.3. The number of nitrogens with one attached hydrogen (secondary N) is 2. The van der Waals surface area contributed by atoms with Crippen LogP contribution in [0.15, 0.2) is 35.3 Å². The lowest BCUT2D eigenvalue weighted by molar-refractivity contribution is 0.412. The smallest absolute Gasteiger partial charge is 0.191 e. The summed E-state index contributed by atoms with van der Waals surface area (Å²) in [6.07, 6.45) is 0.992. The van der Waals surface area contributed by atoms with E-state index in [4.69, 9.17) is 9.73 Å². The number of hydrogen-bond acceptors (Lipinski definition) is 3. The highest BCUT2D eigenvalue weighted by Crippen LogP contribution is 2.26. The van der Waals surface area contributed by atoms with Gasteiger partial charge in [0.05, 0.1) is 19.3 Å². The number of aryl methyl sites for hydroxylation is 3. The van der Waals surface area contributed by atoms with Crippen LogP contribution in [0.2, 0.25) is 0 Å². The molecule has 0 radical (unpaired) electrons. The van der Waals surface area contributed by atoms with E-state index in [9.17, 15) is 0 Å². The van der Waals surface area contributed by atoms with Gasteiger partial charge in [0.2, 0.25) is 0 Å². The van der Waals surface area contributed by atoms with E-state index in [-0.39, 0.29) is 29.4 Å². The summed E-state index contributed by atoms with van der Waals surface area (Å²) < 4.78 is 7.42. The quantitative estimate of drug-likeness (QED) is 0.230. The Morgan fingerprint density at radius 3 is 2.59 bits per heavy atom. The number of aromatic nitrogens is 2. The van der Waals surface area contributed by atoms with Crippen LogP contribution in [0.25, 0.3) is 0 Å². The summed E-state index contributed by atoms with van der Waals surface area (Å²) in [5.41, 5.74) is 3.41. The maximum atomic E-state index is 5.36. The highest BCUT2D eigenvalue weighted by molar-refractivity contribution is 14.0. The zero-order valence-electron chi connectivity index (χ0n) is 18.6. The molecule has 6 nitrogen and oxygen atoms in total. The van der Waals surface area contributed by atoms with Crippen molar-refractivity contribution in [2.45, 2.75) is 53.0 Å². The molecular weight excluding hydrogens is 477 g/mol. The molecule has 0 spiro atoms. The first-order valence-corrected chi connectivity index (χ1v) is 10.0. The molecule has 0 saturated carbocycles. The largest absolute Gasteiger partial charge is 0.497 e. The van der Waals surface area contributed by atoms with Crippen LogP contribution in [-0.4, -0.2) is 42.5 Å². The Bertz CT molecular complexity index is 785. The first kappa shape index (κ1) is 25.3. The Balaban J connectivity index is 0.00000420. The van der Waals surface area contributed by atoms with Crippen LogP contribution in [-0.2, 0) is 12.0 Å². The molecule has 0 amide bonds. The molecule has 2 aromatic rings. The van der Waals surface area contributed by atoms with E-state index >= 15 is 0 Å². The van der Waals surface area contributed by atoms with E-state index in [1.54, 1.807) is 7.11 Å². The van der Waals surface area contributed by atoms with Crippen molar-refractivity contribution >= 4 is 29.9 Å². The fraction of sp³-hybridized carbons (Fsp3) is 0.545. The SMILES string of the molecule is CCNC(=NCC(C)(C)c1cccc(OC)c1)NCCCn1nc(C)cc1C.I. The molecule has 1 aromatic carbocycles. The number of nitrogens with zero attached hydrogens (tertiary/aromatic N) is 3. The van der Waals surface area contributed by atoms with Gasteiger partial charge in [-0.3, -0.25) is 9.67 Å². The molecular formula is C22H36IN5O.